The van der Waals surface area contributed by atoms with Gasteiger partial charge in [-0.3, -0.25) is 4.79 Å². The molecule has 0 aliphatic heterocycles. The number of hydrogen-bond donors (Lipinski definition) is 10. The highest BCUT2D eigenvalue weighted by Gasteiger charge is 2.85. The fourth-order valence-corrected chi connectivity index (χ4v) is 3.76. The predicted molar refractivity (Wildman–Crippen MR) is 80.7 cm³/mol. The first-order valence-electron chi connectivity index (χ1n) is 7.37. The molecule has 0 aromatic carbocycles. The summed E-state index contributed by atoms with van der Waals surface area (Å²) >= 11 is 0. The Labute approximate surface area is 147 Å². The lowest BCUT2D eigenvalue weighted by molar-refractivity contribution is -0.413. The lowest BCUT2D eigenvalue weighted by Crippen LogP contribution is -2.87. The van der Waals surface area contributed by atoms with Gasteiger partial charge in [-0.05, 0) is 26.8 Å². The van der Waals surface area contributed by atoms with Gasteiger partial charge in [0.05, 0.1) is 5.41 Å². The largest absolute Gasteiger partial charge is 0.509 e. The highest BCUT2D eigenvalue weighted by molar-refractivity contribution is 5.98. The number of Topliss-reactive ketones (excluding diaryl/α,β-unsaturated/α-hetero) is 1. The van der Waals surface area contributed by atoms with Gasteiger partial charge in [-0.25, -0.2) is 0 Å². The van der Waals surface area contributed by atoms with E-state index in [9.17, 15) is 55.9 Å². The Bertz CT molecular complexity index is 728. The SMILES string of the molecule is C=C1C(O)(O)C(O)(O)C(=O)[C@@]2(C)C=C(O)[C@@](O)(C(C)(C)O)C(O)(O)[C@]12O. The van der Waals surface area contributed by atoms with Gasteiger partial charge >= 0.3 is 0 Å². The summed E-state index contributed by atoms with van der Waals surface area (Å²) in [7, 11) is 0. The Morgan fingerprint density at radius 1 is 0.962 bits per heavy atom. The van der Waals surface area contributed by atoms with Gasteiger partial charge in [0.1, 0.15) is 11.4 Å². The number of carbonyl (C=O) groups excluding carboxylic acids is 1. The molecule has 11 heteroatoms. The molecule has 0 aromatic heterocycles. The molecule has 0 radical (unpaired) electrons. The first-order valence-corrected chi connectivity index (χ1v) is 7.37. The van der Waals surface area contributed by atoms with E-state index >= 15 is 0 Å². The minimum absolute atomic E-state index is 0.347. The van der Waals surface area contributed by atoms with Crippen molar-refractivity contribution in [3.8, 4) is 0 Å². The molecule has 0 heterocycles. The topological polar surface area (TPSA) is 219 Å². The predicted octanol–water partition coefficient (Wildman–Crippen LogP) is -4.14. The Balaban J connectivity index is 3.03. The van der Waals surface area contributed by atoms with Crippen LogP contribution in [0.3, 0.4) is 0 Å². The zero-order valence-electron chi connectivity index (χ0n) is 14.2. The molecule has 11 nitrogen and oxygen atoms in total. The third-order valence-corrected chi connectivity index (χ3v) is 5.57. The number of rotatable bonds is 1. The fourth-order valence-electron chi connectivity index (χ4n) is 3.76. The van der Waals surface area contributed by atoms with Gasteiger partial charge in [-0.15, -0.1) is 0 Å². The van der Waals surface area contributed by atoms with Crippen LogP contribution in [0.1, 0.15) is 20.8 Å². The molecule has 1 saturated carbocycles. The number of aliphatic hydroxyl groups is 10. The number of fused-ring (bicyclic) bond motifs is 1. The van der Waals surface area contributed by atoms with E-state index in [0.29, 0.717) is 13.0 Å². The molecule has 0 spiro atoms. The van der Waals surface area contributed by atoms with Crippen LogP contribution in [0.5, 0.6) is 0 Å². The van der Waals surface area contributed by atoms with Crippen molar-refractivity contribution in [1.82, 2.24) is 0 Å². The Morgan fingerprint density at radius 3 is 1.77 bits per heavy atom. The Morgan fingerprint density at radius 2 is 1.38 bits per heavy atom. The van der Waals surface area contributed by atoms with Gasteiger partial charge in [0.15, 0.2) is 5.60 Å². The van der Waals surface area contributed by atoms with E-state index in [1.54, 1.807) is 0 Å². The van der Waals surface area contributed by atoms with Crippen molar-refractivity contribution >= 4 is 5.78 Å². The standard InChI is InChI=1S/C15H22O11/c1-6-11(19)10(4,8(17)14(23,24)13(6,21)22)5-7(16)12(20,9(2,3)18)15(11,25)26/h5,16,18-26H,1H2,2-4H3/t10-,11+,12-/m1/s1. The zero-order valence-corrected chi connectivity index (χ0v) is 14.2. The number of aliphatic hydroxyl groups excluding tert-OH is 1. The Kier molecular flexibility index (Phi) is 3.78. The number of hydrogen-bond acceptors (Lipinski definition) is 11. The van der Waals surface area contributed by atoms with E-state index in [1.807, 2.05) is 0 Å². The average molecular weight is 378 g/mol. The summed E-state index contributed by atoms with van der Waals surface area (Å²) in [6.45, 7) is 5.38. The summed E-state index contributed by atoms with van der Waals surface area (Å²) in [4.78, 5) is 12.5. The first-order chi connectivity index (χ1) is 11.2. The zero-order chi connectivity index (χ0) is 20.9. The Hall–Kier alpha value is -1.41. The van der Waals surface area contributed by atoms with E-state index in [1.165, 1.54) is 0 Å². The second kappa shape index (κ2) is 4.70. The second-order valence-corrected chi connectivity index (χ2v) is 7.54. The third-order valence-electron chi connectivity index (χ3n) is 5.57. The van der Waals surface area contributed by atoms with Crippen molar-refractivity contribution < 1.29 is 55.9 Å². The van der Waals surface area contributed by atoms with Crippen molar-refractivity contribution in [1.29, 1.82) is 0 Å². The van der Waals surface area contributed by atoms with Gasteiger partial charge in [0, 0.05) is 5.57 Å². The van der Waals surface area contributed by atoms with Crippen LogP contribution in [0.4, 0.5) is 0 Å². The quantitative estimate of drug-likeness (QED) is 0.156. The van der Waals surface area contributed by atoms with Crippen molar-refractivity contribution in [2.24, 2.45) is 5.41 Å². The maximum absolute atomic E-state index is 12.5. The summed E-state index contributed by atoms with van der Waals surface area (Å²) in [5, 5.41) is 103. The van der Waals surface area contributed by atoms with Crippen LogP contribution in [-0.4, -0.2) is 91.0 Å². The summed E-state index contributed by atoms with van der Waals surface area (Å²) in [6.07, 6.45) is 0.347. The van der Waals surface area contributed by atoms with Crippen LogP contribution < -0.4 is 0 Å². The summed E-state index contributed by atoms with van der Waals surface area (Å²) < 4.78 is 0. The monoisotopic (exact) mass is 378 g/mol. The molecule has 0 unspecified atom stereocenters. The van der Waals surface area contributed by atoms with E-state index in [4.69, 9.17) is 0 Å². The number of carbonyl (C=O) groups is 1. The molecule has 2 aliphatic rings. The van der Waals surface area contributed by atoms with Crippen LogP contribution in [0.2, 0.25) is 0 Å². The summed E-state index contributed by atoms with van der Waals surface area (Å²) in [5.74, 6) is -15.4. The van der Waals surface area contributed by atoms with Crippen LogP contribution >= 0.6 is 0 Å². The molecule has 10 N–H and O–H groups in total. The van der Waals surface area contributed by atoms with Crippen LogP contribution in [-0.2, 0) is 4.79 Å². The molecule has 1 fully saturated rings. The van der Waals surface area contributed by atoms with Gasteiger partial charge in [-0.1, -0.05) is 6.58 Å². The molecular weight excluding hydrogens is 356 g/mol. The normalized spacial score (nSPS) is 41.5. The van der Waals surface area contributed by atoms with Crippen molar-refractivity contribution in [2.45, 2.75) is 54.9 Å². The summed E-state index contributed by atoms with van der Waals surface area (Å²) in [6, 6.07) is 0. The van der Waals surface area contributed by atoms with Gasteiger partial charge in [-0.2, -0.15) is 0 Å². The molecule has 2 aliphatic carbocycles. The van der Waals surface area contributed by atoms with Crippen LogP contribution in [0.15, 0.2) is 24.0 Å². The molecule has 148 valence electrons. The van der Waals surface area contributed by atoms with Crippen molar-refractivity contribution in [3.63, 3.8) is 0 Å². The van der Waals surface area contributed by atoms with Crippen LogP contribution in [0.25, 0.3) is 0 Å². The van der Waals surface area contributed by atoms with Crippen molar-refractivity contribution in [2.75, 3.05) is 0 Å². The van der Waals surface area contributed by atoms with Gasteiger partial charge in [0.2, 0.25) is 17.2 Å². The molecular formula is C15H22O11. The fraction of sp³-hybridized carbons (Fsp3) is 0.667. The molecule has 26 heavy (non-hydrogen) atoms. The van der Waals surface area contributed by atoms with E-state index in [0.717, 1.165) is 13.8 Å². The first kappa shape index (κ1) is 20.9. The second-order valence-electron chi connectivity index (χ2n) is 7.54. The molecule has 2 rings (SSSR count). The van der Waals surface area contributed by atoms with E-state index in [-0.39, 0.29) is 0 Å². The lowest BCUT2D eigenvalue weighted by atomic mass is 9.48. The average Bonchev–Trinajstić information content (AvgIpc) is 2.47. The van der Waals surface area contributed by atoms with E-state index in [2.05, 4.69) is 6.58 Å². The van der Waals surface area contributed by atoms with E-state index < -0.39 is 56.7 Å². The van der Waals surface area contributed by atoms with Gasteiger partial charge in [0.25, 0.3) is 11.6 Å². The smallest absolute Gasteiger partial charge is 0.285 e. The maximum Gasteiger partial charge on any atom is 0.285 e. The maximum atomic E-state index is 12.5. The highest BCUT2D eigenvalue weighted by Crippen LogP contribution is 2.62. The third kappa shape index (κ3) is 1.70. The van der Waals surface area contributed by atoms with Crippen molar-refractivity contribution in [3.05, 3.63) is 24.0 Å². The lowest BCUT2D eigenvalue weighted by Gasteiger charge is -2.64. The minimum atomic E-state index is -4.06. The van der Waals surface area contributed by atoms with Gasteiger partial charge < -0.3 is 51.1 Å². The van der Waals surface area contributed by atoms with Crippen LogP contribution in [0, 0.1) is 5.41 Å². The molecule has 0 bridgehead atoms. The molecule has 0 aromatic rings. The summed E-state index contributed by atoms with van der Waals surface area (Å²) in [5.41, 5.74) is -13.9. The molecule has 0 amide bonds. The molecule has 3 atom stereocenters. The molecule has 0 saturated heterocycles. The minimum Gasteiger partial charge on any atom is -0.509 e. The highest BCUT2D eigenvalue weighted by atomic mass is 16.6. The number of ketones is 1.